The van der Waals surface area contributed by atoms with E-state index in [1.807, 2.05) is 6.07 Å². The summed E-state index contributed by atoms with van der Waals surface area (Å²) >= 11 is 0. The van der Waals surface area contributed by atoms with Crippen molar-refractivity contribution in [3.05, 3.63) is 35.1 Å². The Kier molecular flexibility index (Phi) is 13.2. The number of guanidine groups is 1. The van der Waals surface area contributed by atoms with Gasteiger partial charge in [-0.1, -0.05) is 19.4 Å². The molecule has 0 aliphatic carbocycles. The molecule has 1 aromatic carbocycles. The van der Waals surface area contributed by atoms with Crippen LogP contribution in [0.2, 0.25) is 0 Å². The number of aliphatic imine (C=N–C) groups is 1. The van der Waals surface area contributed by atoms with Gasteiger partial charge in [0.1, 0.15) is 5.82 Å². The molecular weight excluding hydrogens is 422 g/mol. The number of benzene rings is 1. The standard InChI is InChI=1S/C17H25FN4O.HI/c1-3-4-9-23-10-5-8-21-17(20-2)22-13-15-7-6-14(12-19)11-16(15)18;/h6-7,11H,3-5,8-10,13H2,1-2H3,(H2,20,21,22);1H. The number of nitriles is 1. The van der Waals surface area contributed by atoms with Crippen molar-refractivity contribution in [2.24, 2.45) is 4.99 Å². The van der Waals surface area contributed by atoms with Gasteiger partial charge >= 0.3 is 0 Å². The first-order valence-electron chi connectivity index (χ1n) is 7.92. The zero-order chi connectivity index (χ0) is 16.9. The minimum Gasteiger partial charge on any atom is -0.381 e. The molecular formula is C17H26FIN4O. The predicted molar refractivity (Wildman–Crippen MR) is 105 cm³/mol. The van der Waals surface area contributed by atoms with Crippen molar-refractivity contribution in [2.45, 2.75) is 32.7 Å². The van der Waals surface area contributed by atoms with Crippen LogP contribution in [0.5, 0.6) is 0 Å². The molecule has 0 aliphatic rings. The summed E-state index contributed by atoms with van der Waals surface area (Å²) in [6, 6.07) is 6.36. The summed E-state index contributed by atoms with van der Waals surface area (Å²) < 4.78 is 19.3. The Morgan fingerprint density at radius 3 is 2.67 bits per heavy atom. The summed E-state index contributed by atoms with van der Waals surface area (Å²) in [7, 11) is 1.67. The number of halogens is 2. The number of nitrogens with zero attached hydrogens (tertiary/aromatic N) is 2. The van der Waals surface area contributed by atoms with Gasteiger partial charge in [-0.2, -0.15) is 5.26 Å². The van der Waals surface area contributed by atoms with E-state index in [0.29, 0.717) is 30.2 Å². The average Bonchev–Trinajstić information content (AvgIpc) is 2.57. The maximum absolute atomic E-state index is 13.8. The summed E-state index contributed by atoms with van der Waals surface area (Å²) in [5, 5.41) is 14.9. The fourth-order valence-corrected chi connectivity index (χ4v) is 1.89. The first kappa shape index (κ1) is 22.6. The topological polar surface area (TPSA) is 69.4 Å². The van der Waals surface area contributed by atoms with Crippen LogP contribution < -0.4 is 10.6 Å². The van der Waals surface area contributed by atoms with Gasteiger partial charge in [-0.3, -0.25) is 4.99 Å². The summed E-state index contributed by atoms with van der Waals surface area (Å²) in [4.78, 5) is 4.09. The molecule has 0 amide bonds. The smallest absolute Gasteiger partial charge is 0.191 e. The maximum atomic E-state index is 13.8. The number of hydrogen-bond acceptors (Lipinski definition) is 3. The van der Waals surface area contributed by atoms with Gasteiger partial charge in [0.2, 0.25) is 0 Å². The Hall–Kier alpha value is -1.40. The molecule has 0 heterocycles. The van der Waals surface area contributed by atoms with Crippen LogP contribution >= 0.6 is 24.0 Å². The first-order chi connectivity index (χ1) is 11.2. The third-order valence-electron chi connectivity index (χ3n) is 3.25. The van der Waals surface area contributed by atoms with E-state index in [0.717, 1.165) is 32.4 Å². The summed E-state index contributed by atoms with van der Waals surface area (Å²) in [6.07, 6.45) is 3.11. The summed E-state index contributed by atoms with van der Waals surface area (Å²) in [5.41, 5.74) is 0.812. The van der Waals surface area contributed by atoms with Gasteiger partial charge < -0.3 is 15.4 Å². The molecule has 134 valence electrons. The fourth-order valence-electron chi connectivity index (χ4n) is 1.89. The molecule has 5 nitrogen and oxygen atoms in total. The number of ether oxygens (including phenoxy) is 1. The molecule has 0 atom stereocenters. The van der Waals surface area contributed by atoms with Crippen LogP contribution in [0, 0.1) is 17.1 Å². The Morgan fingerprint density at radius 2 is 2.04 bits per heavy atom. The van der Waals surface area contributed by atoms with Crippen molar-refractivity contribution >= 4 is 29.9 Å². The Labute approximate surface area is 160 Å². The van der Waals surface area contributed by atoms with Crippen LogP contribution in [-0.2, 0) is 11.3 Å². The third-order valence-corrected chi connectivity index (χ3v) is 3.25. The highest BCUT2D eigenvalue weighted by Gasteiger charge is 2.04. The minimum atomic E-state index is -0.392. The molecule has 0 unspecified atom stereocenters. The van der Waals surface area contributed by atoms with Crippen molar-refractivity contribution < 1.29 is 9.13 Å². The zero-order valence-electron chi connectivity index (χ0n) is 14.3. The minimum absolute atomic E-state index is 0. The Balaban J connectivity index is 0.00000529. The largest absolute Gasteiger partial charge is 0.381 e. The molecule has 0 saturated heterocycles. The molecule has 0 radical (unpaired) electrons. The molecule has 0 saturated carbocycles. The lowest BCUT2D eigenvalue weighted by atomic mass is 10.1. The van der Waals surface area contributed by atoms with E-state index in [-0.39, 0.29) is 24.0 Å². The van der Waals surface area contributed by atoms with Gasteiger partial charge in [0.05, 0.1) is 11.6 Å². The van der Waals surface area contributed by atoms with Gasteiger partial charge in [0.15, 0.2) is 5.96 Å². The molecule has 1 rings (SSSR count). The molecule has 0 spiro atoms. The first-order valence-corrected chi connectivity index (χ1v) is 7.92. The molecule has 0 bridgehead atoms. The van der Waals surface area contributed by atoms with Crippen LogP contribution in [0.25, 0.3) is 0 Å². The van der Waals surface area contributed by atoms with Gasteiger partial charge in [-0.25, -0.2) is 4.39 Å². The normalized spacial score (nSPS) is 10.7. The van der Waals surface area contributed by atoms with Crippen LogP contribution in [0.1, 0.15) is 37.3 Å². The van der Waals surface area contributed by atoms with Gasteiger partial charge in [0.25, 0.3) is 0 Å². The number of rotatable bonds is 9. The lowest BCUT2D eigenvalue weighted by Gasteiger charge is -2.12. The van der Waals surface area contributed by atoms with E-state index in [2.05, 4.69) is 22.5 Å². The molecule has 1 aromatic rings. The number of unbranched alkanes of at least 4 members (excludes halogenated alkanes) is 1. The van der Waals surface area contributed by atoms with Crippen LogP contribution in [0.4, 0.5) is 4.39 Å². The summed E-state index contributed by atoms with van der Waals surface area (Å²) in [5.74, 6) is 0.221. The van der Waals surface area contributed by atoms with Gasteiger partial charge in [0, 0.05) is 38.9 Å². The van der Waals surface area contributed by atoms with E-state index in [1.54, 1.807) is 19.2 Å². The zero-order valence-corrected chi connectivity index (χ0v) is 16.6. The van der Waals surface area contributed by atoms with Crippen molar-refractivity contribution in [1.29, 1.82) is 5.26 Å². The molecule has 2 N–H and O–H groups in total. The number of hydrogen-bond donors (Lipinski definition) is 2. The van der Waals surface area contributed by atoms with Crippen molar-refractivity contribution in [1.82, 2.24) is 10.6 Å². The molecule has 24 heavy (non-hydrogen) atoms. The number of nitrogens with one attached hydrogen (secondary N) is 2. The van der Waals surface area contributed by atoms with Crippen molar-refractivity contribution in [3.63, 3.8) is 0 Å². The SMILES string of the molecule is CCCCOCCCNC(=NC)NCc1ccc(C#N)cc1F.I. The van der Waals surface area contributed by atoms with Crippen LogP contribution in [-0.4, -0.2) is 32.8 Å². The Morgan fingerprint density at radius 1 is 1.29 bits per heavy atom. The maximum Gasteiger partial charge on any atom is 0.191 e. The van der Waals surface area contributed by atoms with E-state index < -0.39 is 5.82 Å². The quantitative estimate of drug-likeness (QED) is 0.264. The monoisotopic (exact) mass is 448 g/mol. The molecule has 7 heteroatoms. The average molecular weight is 448 g/mol. The lowest BCUT2D eigenvalue weighted by Crippen LogP contribution is -2.37. The second-order valence-corrected chi connectivity index (χ2v) is 5.09. The molecule has 0 aliphatic heterocycles. The van der Waals surface area contributed by atoms with Crippen LogP contribution in [0.3, 0.4) is 0 Å². The fraction of sp³-hybridized carbons (Fsp3) is 0.529. The van der Waals surface area contributed by atoms with E-state index in [9.17, 15) is 4.39 Å². The van der Waals surface area contributed by atoms with Gasteiger partial charge in [-0.05, 0) is 25.0 Å². The summed E-state index contributed by atoms with van der Waals surface area (Å²) in [6.45, 7) is 4.71. The third kappa shape index (κ3) is 9.03. The highest BCUT2D eigenvalue weighted by molar-refractivity contribution is 14.0. The highest BCUT2D eigenvalue weighted by Crippen LogP contribution is 2.09. The molecule has 0 aromatic heterocycles. The second-order valence-electron chi connectivity index (χ2n) is 5.09. The highest BCUT2D eigenvalue weighted by atomic mass is 127. The van der Waals surface area contributed by atoms with Crippen molar-refractivity contribution in [3.8, 4) is 6.07 Å². The Bertz CT molecular complexity index is 546. The van der Waals surface area contributed by atoms with E-state index >= 15 is 0 Å². The molecule has 0 fully saturated rings. The second kappa shape index (κ2) is 14.0. The van der Waals surface area contributed by atoms with E-state index in [1.165, 1.54) is 6.07 Å². The van der Waals surface area contributed by atoms with Crippen molar-refractivity contribution in [2.75, 3.05) is 26.8 Å². The van der Waals surface area contributed by atoms with E-state index in [4.69, 9.17) is 10.00 Å². The predicted octanol–water partition coefficient (Wildman–Crippen LogP) is 3.19. The van der Waals surface area contributed by atoms with Crippen LogP contribution in [0.15, 0.2) is 23.2 Å². The van der Waals surface area contributed by atoms with Gasteiger partial charge in [-0.15, -0.1) is 24.0 Å². The lowest BCUT2D eigenvalue weighted by molar-refractivity contribution is 0.129.